The fraction of sp³-hybridized carbons (Fsp3) is 0.400. The van der Waals surface area contributed by atoms with Crippen LogP contribution in [0.4, 0.5) is 8.78 Å². The van der Waals surface area contributed by atoms with Gasteiger partial charge in [-0.2, -0.15) is 13.9 Å². The van der Waals surface area contributed by atoms with Crippen molar-refractivity contribution in [2.75, 3.05) is 13.1 Å². The van der Waals surface area contributed by atoms with Gasteiger partial charge in [0.05, 0.1) is 6.10 Å². The zero-order valence-corrected chi connectivity index (χ0v) is 12.2. The fourth-order valence-electron chi connectivity index (χ4n) is 2.76. The molecule has 0 saturated carbocycles. The first-order chi connectivity index (χ1) is 11.0. The summed E-state index contributed by atoms with van der Waals surface area (Å²) in [7, 11) is 0. The Morgan fingerprint density at radius 1 is 1.30 bits per heavy atom. The SMILES string of the molecule is O=C(c1ccn(C(F)F)n1)N1C[C@@H](Cc2ccncc2)[C@H](O)C1. The molecule has 3 rings (SSSR count). The Balaban J connectivity index is 1.66. The molecule has 0 aliphatic carbocycles. The molecule has 2 atom stereocenters. The molecular weight excluding hydrogens is 306 g/mol. The maximum atomic E-state index is 12.5. The number of nitrogens with zero attached hydrogens (tertiary/aromatic N) is 4. The molecule has 0 radical (unpaired) electrons. The standard InChI is InChI=1S/C15H16F2N4O2/c16-15(17)21-6-3-12(19-21)14(23)20-8-11(13(22)9-20)7-10-1-4-18-5-2-10/h1-6,11,13,15,22H,7-9H2/t11-,13-/m1/s1. The number of β-amino-alcohol motifs (C(OH)–C–C–N with tert-alkyl or cyclic N) is 1. The number of hydrogen-bond acceptors (Lipinski definition) is 4. The number of alkyl halides is 2. The molecule has 1 fully saturated rings. The molecule has 1 aliphatic rings. The van der Waals surface area contributed by atoms with E-state index < -0.39 is 18.6 Å². The van der Waals surface area contributed by atoms with Crippen molar-refractivity contribution in [3.63, 3.8) is 0 Å². The molecular formula is C15H16F2N4O2. The van der Waals surface area contributed by atoms with Crippen molar-refractivity contribution in [2.45, 2.75) is 19.1 Å². The first-order valence-electron chi connectivity index (χ1n) is 7.24. The summed E-state index contributed by atoms with van der Waals surface area (Å²) in [6.45, 7) is -2.24. The summed E-state index contributed by atoms with van der Waals surface area (Å²) in [6.07, 6.45) is 4.40. The van der Waals surface area contributed by atoms with E-state index in [2.05, 4.69) is 10.1 Å². The van der Waals surface area contributed by atoms with E-state index in [1.807, 2.05) is 12.1 Å². The highest BCUT2D eigenvalue weighted by Crippen LogP contribution is 2.23. The monoisotopic (exact) mass is 322 g/mol. The average Bonchev–Trinajstić information content (AvgIpc) is 3.16. The summed E-state index contributed by atoms with van der Waals surface area (Å²) in [5.74, 6) is -0.542. The highest BCUT2D eigenvalue weighted by Gasteiger charge is 2.35. The van der Waals surface area contributed by atoms with E-state index in [4.69, 9.17) is 0 Å². The second-order valence-corrected chi connectivity index (χ2v) is 5.56. The highest BCUT2D eigenvalue weighted by molar-refractivity contribution is 5.92. The molecule has 1 amide bonds. The van der Waals surface area contributed by atoms with Crippen LogP contribution in [0.5, 0.6) is 0 Å². The lowest BCUT2D eigenvalue weighted by Gasteiger charge is -2.14. The van der Waals surface area contributed by atoms with Crippen molar-refractivity contribution in [2.24, 2.45) is 5.92 Å². The average molecular weight is 322 g/mol. The smallest absolute Gasteiger partial charge is 0.333 e. The van der Waals surface area contributed by atoms with Crippen LogP contribution >= 0.6 is 0 Å². The molecule has 0 spiro atoms. The van der Waals surface area contributed by atoms with Gasteiger partial charge in [-0.15, -0.1) is 0 Å². The molecule has 0 bridgehead atoms. The number of likely N-dealkylation sites (tertiary alicyclic amines) is 1. The maximum absolute atomic E-state index is 12.5. The summed E-state index contributed by atoms with van der Waals surface area (Å²) >= 11 is 0. The number of aliphatic hydroxyl groups excluding tert-OH is 1. The lowest BCUT2D eigenvalue weighted by atomic mass is 9.97. The van der Waals surface area contributed by atoms with Crippen LogP contribution in [-0.2, 0) is 6.42 Å². The first-order valence-corrected chi connectivity index (χ1v) is 7.24. The predicted molar refractivity (Wildman–Crippen MR) is 76.8 cm³/mol. The van der Waals surface area contributed by atoms with Crippen LogP contribution < -0.4 is 0 Å². The molecule has 0 unspecified atom stereocenters. The molecule has 3 heterocycles. The van der Waals surface area contributed by atoms with Gasteiger partial charge in [0.15, 0.2) is 5.69 Å². The number of aromatic nitrogens is 3. The molecule has 1 saturated heterocycles. The van der Waals surface area contributed by atoms with E-state index in [1.165, 1.54) is 11.0 Å². The van der Waals surface area contributed by atoms with E-state index in [-0.39, 0.29) is 18.2 Å². The van der Waals surface area contributed by atoms with Crippen molar-refractivity contribution in [1.82, 2.24) is 19.7 Å². The van der Waals surface area contributed by atoms with Gasteiger partial charge in [0.1, 0.15) is 0 Å². The number of carbonyl (C=O) groups is 1. The Morgan fingerprint density at radius 3 is 2.70 bits per heavy atom. The van der Waals surface area contributed by atoms with Gasteiger partial charge in [0.2, 0.25) is 0 Å². The van der Waals surface area contributed by atoms with Crippen molar-refractivity contribution in [3.8, 4) is 0 Å². The molecule has 8 heteroatoms. The minimum atomic E-state index is -2.78. The minimum Gasteiger partial charge on any atom is -0.391 e. The number of halogens is 2. The number of rotatable bonds is 4. The van der Waals surface area contributed by atoms with Crippen LogP contribution in [0.3, 0.4) is 0 Å². The van der Waals surface area contributed by atoms with Gasteiger partial charge in [0, 0.05) is 37.6 Å². The van der Waals surface area contributed by atoms with Gasteiger partial charge >= 0.3 is 6.55 Å². The quantitative estimate of drug-likeness (QED) is 0.922. The Labute approximate surface area is 131 Å². The number of amides is 1. The third-order valence-corrected chi connectivity index (χ3v) is 3.97. The number of carbonyl (C=O) groups excluding carboxylic acids is 1. The first kappa shape index (κ1) is 15.5. The van der Waals surface area contributed by atoms with E-state index in [0.29, 0.717) is 17.6 Å². The molecule has 6 nitrogen and oxygen atoms in total. The van der Waals surface area contributed by atoms with Crippen molar-refractivity contribution >= 4 is 5.91 Å². The normalized spacial score (nSPS) is 21.1. The van der Waals surface area contributed by atoms with Gasteiger partial charge < -0.3 is 10.0 Å². The van der Waals surface area contributed by atoms with Crippen LogP contribution in [0.15, 0.2) is 36.8 Å². The maximum Gasteiger partial charge on any atom is 0.333 e. The van der Waals surface area contributed by atoms with E-state index in [0.717, 1.165) is 11.8 Å². The molecule has 1 aliphatic heterocycles. The van der Waals surface area contributed by atoms with Gasteiger partial charge in [-0.1, -0.05) is 0 Å². The third-order valence-electron chi connectivity index (χ3n) is 3.97. The molecule has 2 aromatic rings. The van der Waals surface area contributed by atoms with Crippen molar-refractivity contribution in [3.05, 3.63) is 48.0 Å². The molecule has 1 N–H and O–H groups in total. The summed E-state index contributed by atoms with van der Waals surface area (Å²) in [4.78, 5) is 17.7. The van der Waals surface area contributed by atoms with Gasteiger partial charge in [-0.3, -0.25) is 9.78 Å². The van der Waals surface area contributed by atoms with Crippen LogP contribution in [-0.4, -0.2) is 49.9 Å². The topological polar surface area (TPSA) is 71.2 Å². The van der Waals surface area contributed by atoms with Gasteiger partial charge in [0.25, 0.3) is 5.91 Å². The largest absolute Gasteiger partial charge is 0.391 e. The van der Waals surface area contributed by atoms with Crippen LogP contribution in [0.25, 0.3) is 0 Å². The van der Waals surface area contributed by atoms with Crippen molar-refractivity contribution in [1.29, 1.82) is 0 Å². The Morgan fingerprint density at radius 2 is 2.04 bits per heavy atom. The van der Waals surface area contributed by atoms with Crippen LogP contribution in [0.2, 0.25) is 0 Å². The summed E-state index contributed by atoms with van der Waals surface area (Å²) in [5, 5.41) is 13.7. The van der Waals surface area contributed by atoms with E-state index in [9.17, 15) is 18.7 Å². The Bertz CT molecular complexity index is 677. The lowest BCUT2D eigenvalue weighted by molar-refractivity contribution is 0.0552. The molecule has 2 aromatic heterocycles. The van der Waals surface area contributed by atoms with E-state index >= 15 is 0 Å². The third kappa shape index (κ3) is 3.37. The minimum absolute atomic E-state index is 0.0398. The summed E-state index contributed by atoms with van der Waals surface area (Å²) < 4.78 is 25.5. The Hall–Kier alpha value is -2.35. The molecule has 122 valence electrons. The van der Waals surface area contributed by atoms with Crippen molar-refractivity contribution < 1.29 is 18.7 Å². The lowest BCUT2D eigenvalue weighted by Crippen LogP contribution is -2.30. The highest BCUT2D eigenvalue weighted by atomic mass is 19.3. The zero-order chi connectivity index (χ0) is 16.4. The summed E-state index contributed by atoms with van der Waals surface area (Å²) in [5.41, 5.74) is 0.988. The predicted octanol–water partition coefficient (Wildman–Crippen LogP) is 1.35. The van der Waals surface area contributed by atoms with Gasteiger partial charge in [-0.25, -0.2) is 4.68 Å². The molecule has 0 aromatic carbocycles. The second kappa shape index (κ2) is 6.41. The number of hydrogen-bond donors (Lipinski definition) is 1. The number of pyridine rings is 1. The van der Waals surface area contributed by atoms with Crippen LogP contribution in [0.1, 0.15) is 22.6 Å². The second-order valence-electron chi connectivity index (χ2n) is 5.56. The molecule has 23 heavy (non-hydrogen) atoms. The van der Waals surface area contributed by atoms with E-state index in [1.54, 1.807) is 12.4 Å². The number of aliphatic hydroxyl groups is 1. The fourth-order valence-corrected chi connectivity index (χ4v) is 2.76. The summed E-state index contributed by atoms with van der Waals surface area (Å²) in [6, 6.07) is 4.99. The zero-order valence-electron chi connectivity index (χ0n) is 12.2. The van der Waals surface area contributed by atoms with Crippen LogP contribution in [0, 0.1) is 5.92 Å². The van der Waals surface area contributed by atoms with Gasteiger partial charge in [-0.05, 0) is 30.2 Å². The Kier molecular flexibility index (Phi) is 4.33.